The molecule has 0 fully saturated rings. The van der Waals surface area contributed by atoms with Gasteiger partial charge in [0, 0.05) is 0 Å². The van der Waals surface area contributed by atoms with Crippen LogP contribution in [0.3, 0.4) is 0 Å². The molecule has 190 valence electrons. The minimum atomic E-state index is -1.44. The van der Waals surface area contributed by atoms with Gasteiger partial charge < -0.3 is 42.7 Å². The molecule has 1 aromatic rings. The zero-order valence-corrected chi connectivity index (χ0v) is 19.4. The summed E-state index contributed by atoms with van der Waals surface area (Å²) in [7, 11) is 0. The molecule has 0 bridgehead atoms. The largest absolute Gasteiger partial charge is 0.508 e. The summed E-state index contributed by atoms with van der Waals surface area (Å²) in [6.07, 6.45) is 0.0429. The molecule has 0 spiro atoms. The number of carbonyl (C=O) groups excluding carboxylic acids is 3. The molecule has 3 amide bonds. The first kappa shape index (κ1) is 28.8. The molecule has 0 aliphatic carbocycles. The van der Waals surface area contributed by atoms with Gasteiger partial charge in [-0.2, -0.15) is 0 Å². The van der Waals surface area contributed by atoms with Gasteiger partial charge in [-0.3, -0.25) is 14.4 Å². The van der Waals surface area contributed by atoms with Crippen LogP contribution in [-0.4, -0.2) is 75.8 Å². The number of aliphatic hydroxyl groups excluding tert-OH is 1. The van der Waals surface area contributed by atoms with Gasteiger partial charge in [0.05, 0.1) is 12.1 Å². The second-order valence-corrected chi connectivity index (χ2v) is 8.12. The van der Waals surface area contributed by atoms with E-state index in [1.807, 2.05) is 0 Å². The highest BCUT2D eigenvalue weighted by Gasteiger charge is 2.31. The van der Waals surface area contributed by atoms with Crippen LogP contribution in [0.5, 0.6) is 5.75 Å². The lowest BCUT2D eigenvalue weighted by molar-refractivity contribution is -0.143. The van der Waals surface area contributed by atoms with Crippen molar-refractivity contribution in [2.45, 2.75) is 69.8 Å². The van der Waals surface area contributed by atoms with Gasteiger partial charge in [-0.25, -0.2) is 4.79 Å². The molecule has 12 nitrogen and oxygen atoms in total. The van der Waals surface area contributed by atoms with Gasteiger partial charge in [0.15, 0.2) is 0 Å². The Morgan fingerprint density at radius 2 is 1.56 bits per heavy atom. The molecule has 0 aliphatic heterocycles. The summed E-state index contributed by atoms with van der Waals surface area (Å²) in [4.78, 5) is 48.9. The standard InChI is InChI=1S/C22H35N5O7/c1-12(25-20(31)16(24)11-14-6-8-15(29)9-7-14)19(30)27-18(13(2)28)21(32)26-17(22(33)34)5-3-4-10-23/h6-9,12-13,16-18,28-29H,3-5,10-11,23-24H2,1-2H3,(H,25,31)(H,26,32)(H,27,30)(H,33,34). The van der Waals surface area contributed by atoms with Crippen molar-refractivity contribution < 1.29 is 34.5 Å². The fourth-order valence-corrected chi connectivity index (χ4v) is 3.06. The zero-order chi connectivity index (χ0) is 25.8. The molecule has 10 N–H and O–H groups in total. The molecule has 12 heteroatoms. The molecule has 0 saturated carbocycles. The maximum atomic E-state index is 12.5. The Bertz CT molecular complexity index is 831. The predicted molar refractivity (Wildman–Crippen MR) is 123 cm³/mol. The molecule has 5 atom stereocenters. The number of nitrogens with two attached hydrogens (primary N) is 2. The molecule has 5 unspecified atom stereocenters. The second kappa shape index (κ2) is 14.1. The van der Waals surface area contributed by atoms with Crippen LogP contribution in [0, 0.1) is 0 Å². The molecular formula is C22H35N5O7. The molecule has 0 heterocycles. The number of aliphatic hydroxyl groups is 1. The van der Waals surface area contributed by atoms with Gasteiger partial charge in [-0.15, -0.1) is 0 Å². The van der Waals surface area contributed by atoms with Gasteiger partial charge in [-0.1, -0.05) is 12.1 Å². The van der Waals surface area contributed by atoms with E-state index in [9.17, 15) is 34.5 Å². The van der Waals surface area contributed by atoms with Crippen molar-refractivity contribution in [3.63, 3.8) is 0 Å². The monoisotopic (exact) mass is 481 g/mol. The maximum Gasteiger partial charge on any atom is 0.326 e. The maximum absolute atomic E-state index is 12.5. The number of benzene rings is 1. The number of phenolic OH excluding ortho intramolecular Hbond substituents is 1. The van der Waals surface area contributed by atoms with E-state index in [1.165, 1.54) is 26.0 Å². The van der Waals surface area contributed by atoms with E-state index in [-0.39, 0.29) is 18.6 Å². The number of hydrogen-bond acceptors (Lipinski definition) is 8. The average molecular weight is 482 g/mol. The summed E-state index contributed by atoms with van der Waals surface area (Å²) < 4.78 is 0. The minimum absolute atomic E-state index is 0.0778. The van der Waals surface area contributed by atoms with Crippen LogP contribution in [0.1, 0.15) is 38.7 Å². The van der Waals surface area contributed by atoms with Crippen molar-refractivity contribution in [2.24, 2.45) is 11.5 Å². The first-order valence-electron chi connectivity index (χ1n) is 11.0. The number of hydrogen-bond donors (Lipinski definition) is 8. The molecule has 0 aromatic heterocycles. The zero-order valence-electron chi connectivity index (χ0n) is 19.4. The van der Waals surface area contributed by atoms with Crippen molar-refractivity contribution in [1.82, 2.24) is 16.0 Å². The lowest BCUT2D eigenvalue weighted by atomic mass is 10.1. The third-order valence-electron chi connectivity index (χ3n) is 5.10. The van der Waals surface area contributed by atoms with E-state index in [4.69, 9.17) is 11.5 Å². The Balaban J connectivity index is 2.69. The van der Waals surface area contributed by atoms with Gasteiger partial charge in [-0.05, 0) is 63.8 Å². The Labute approximate surface area is 198 Å². The molecule has 0 saturated heterocycles. The summed E-state index contributed by atoms with van der Waals surface area (Å²) in [6, 6.07) is 1.46. The number of aliphatic carboxylic acids is 1. The first-order chi connectivity index (χ1) is 16.0. The van der Waals surface area contributed by atoms with Gasteiger partial charge >= 0.3 is 5.97 Å². The number of nitrogens with one attached hydrogen (secondary N) is 3. The van der Waals surface area contributed by atoms with Crippen molar-refractivity contribution in [3.8, 4) is 5.75 Å². The van der Waals surface area contributed by atoms with Crippen LogP contribution in [0.2, 0.25) is 0 Å². The van der Waals surface area contributed by atoms with Gasteiger partial charge in [0.1, 0.15) is 23.9 Å². The van der Waals surface area contributed by atoms with E-state index in [0.29, 0.717) is 24.9 Å². The third kappa shape index (κ3) is 9.73. The van der Waals surface area contributed by atoms with Crippen molar-refractivity contribution in [3.05, 3.63) is 29.8 Å². The van der Waals surface area contributed by atoms with Gasteiger partial charge in [0.25, 0.3) is 0 Å². The van der Waals surface area contributed by atoms with E-state index >= 15 is 0 Å². The van der Waals surface area contributed by atoms with Crippen molar-refractivity contribution >= 4 is 23.7 Å². The smallest absolute Gasteiger partial charge is 0.326 e. The molecule has 34 heavy (non-hydrogen) atoms. The Hall–Kier alpha value is -3.22. The normalized spacial score (nSPS) is 15.3. The van der Waals surface area contributed by atoms with Crippen LogP contribution in [-0.2, 0) is 25.6 Å². The third-order valence-corrected chi connectivity index (χ3v) is 5.10. The topological polar surface area (TPSA) is 217 Å². The first-order valence-corrected chi connectivity index (χ1v) is 11.0. The van der Waals surface area contributed by atoms with E-state index in [1.54, 1.807) is 12.1 Å². The average Bonchev–Trinajstić information content (AvgIpc) is 2.77. The summed E-state index contributed by atoms with van der Waals surface area (Å²) in [5.74, 6) is -3.41. The Morgan fingerprint density at radius 1 is 0.941 bits per heavy atom. The highest BCUT2D eigenvalue weighted by Crippen LogP contribution is 2.11. The minimum Gasteiger partial charge on any atom is -0.508 e. The summed E-state index contributed by atoms with van der Waals surface area (Å²) in [5, 5.41) is 35.7. The fraction of sp³-hybridized carbons (Fsp3) is 0.545. The van der Waals surface area contributed by atoms with Crippen molar-refractivity contribution in [1.29, 1.82) is 0 Å². The molecular weight excluding hydrogens is 446 g/mol. The van der Waals surface area contributed by atoms with Crippen LogP contribution >= 0.6 is 0 Å². The van der Waals surface area contributed by atoms with Gasteiger partial charge in [0.2, 0.25) is 17.7 Å². The Morgan fingerprint density at radius 3 is 2.09 bits per heavy atom. The van der Waals surface area contributed by atoms with E-state index in [0.717, 1.165) is 0 Å². The molecule has 1 aromatic carbocycles. The summed E-state index contributed by atoms with van der Waals surface area (Å²) in [5.41, 5.74) is 12.0. The number of rotatable bonds is 14. The molecule has 0 aliphatic rings. The van der Waals surface area contributed by atoms with E-state index < -0.39 is 54.0 Å². The lowest BCUT2D eigenvalue weighted by Crippen LogP contribution is -2.59. The Kier molecular flexibility index (Phi) is 12.0. The second-order valence-electron chi connectivity index (χ2n) is 8.12. The highest BCUT2D eigenvalue weighted by atomic mass is 16.4. The number of phenols is 1. The fourth-order valence-electron chi connectivity index (χ4n) is 3.06. The molecule has 0 radical (unpaired) electrons. The summed E-state index contributed by atoms with van der Waals surface area (Å²) >= 11 is 0. The van der Waals surface area contributed by atoms with Crippen LogP contribution < -0.4 is 27.4 Å². The number of carboxylic acid groups (broad SMARTS) is 1. The number of amides is 3. The highest BCUT2D eigenvalue weighted by molar-refractivity contribution is 5.94. The number of unbranched alkanes of at least 4 members (excludes halogenated alkanes) is 1. The van der Waals surface area contributed by atoms with Crippen LogP contribution in [0.4, 0.5) is 0 Å². The lowest BCUT2D eigenvalue weighted by Gasteiger charge is -2.25. The number of aromatic hydroxyl groups is 1. The van der Waals surface area contributed by atoms with Crippen molar-refractivity contribution in [2.75, 3.05) is 6.54 Å². The molecule has 1 rings (SSSR count). The SMILES string of the molecule is CC(NC(=O)C(N)Cc1ccc(O)cc1)C(=O)NC(C(=O)NC(CCCCN)C(=O)O)C(C)O. The predicted octanol–water partition coefficient (Wildman–Crippen LogP) is -1.67. The van der Waals surface area contributed by atoms with Crippen LogP contribution in [0.25, 0.3) is 0 Å². The number of carboxylic acids is 1. The summed E-state index contributed by atoms with van der Waals surface area (Å²) in [6.45, 7) is 3.03. The quantitative estimate of drug-likeness (QED) is 0.142. The number of carbonyl (C=O) groups is 4. The van der Waals surface area contributed by atoms with Crippen LogP contribution in [0.15, 0.2) is 24.3 Å². The van der Waals surface area contributed by atoms with E-state index in [2.05, 4.69) is 16.0 Å².